The minimum absolute atomic E-state index is 0.0583. The molecule has 2 N–H and O–H groups in total. The number of carbonyl (C=O) groups is 1. The molecule has 1 amide bonds. The van der Waals surface area contributed by atoms with E-state index in [2.05, 4.69) is 15.2 Å². The number of hydrogen-bond donors (Lipinski definition) is 2. The van der Waals surface area contributed by atoms with Crippen molar-refractivity contribution in [2.24, 2.45) is 11.8 Å². The van der Waals surface area contributed by atoms with Gasteiger partial charge in [-0.25, -0.2) is 0 Å². The molecule has 0 unspecified atom stereocenters. The normalized spacial score (nSPS) is 24.0. The standard InChI is InChI=1S/C29H32N4O3/c1-3-8-22-12-13-24-27-26(28(35)31-19(2)21-10-5-4-6-11-21)23(18-34)25(17-33(24)29(22)36)32(27)16-20-9-7-14-30-15-20/h3-15,19,23,25-27,34H,16-18H2,1-2H3,(H,31,35)/b8-3-/t19-,23+,25+,26-,27-/m0/s1. The van der Waals surface area contributed by atoms with Crippen LogP contribution in [0.5, 0.6) is 0 Å². The zero-order valence-electron chi connectivity index (χ0n) is 20.6. The molecule has 7 heteroatoms. The highest BCUT2D eigenvalue weighted by Crippen LogP contribution is 2.49. The molecular formula is C29H32N4O3. The Hall–Kier alpha value is -3.55. The summed E-state index contributed by atoms with van der Waals surface area (Å²) in [4.78, 5) is 33.7. The van der Waals surface area contributed by atoms with Crippen molar-refractivity contribution in [3.8, 4) is 0 Å². The molecule has 7 nitrogen and oxygen atoms in total. The van der Waals surface area contributed by atoms with Crippen molar-refractivity contribution in [1.29, 1.82) is 0 Å². The maximum Gasteiger partial charge on any atom is 0.258 e. The van der Waals surface area contributed by atoms with Gasteiger partial charge in [-0.15, -0.1) is 0 Å². The van der Waals surface area contributed by atoms with Gasteiger partial charge in [0.1, 0.15) is 0 Å². The molecule has 186 valence electrons. The van der Waals surface area contributed by atoms with Crippen molar-refractivity contribution >= 4 is 12.0 Å². The lowest BCUT2D eigenvalue weighted by molar-refractivity contribution is -0.128. The quantitative estimate of drug-likeness (QED) is 0.537. The van der Waals surface area contributed by atoms with Gasteiger partial charge < -0.3 is 15.0 Å². The van der Waals surface area contributed by atoms with E-state index >= 15 is 0 Å². The molecule has 4 heterocycles. The van der Waals surface area contributed by atoms with Gasteiger partial charge in [-0.3, -0.25) is 19.5 Å². The topological polar surface area (TPSA) is 87.5 Å². The van der Waals surface area contributed by atoms with Crippen LogP contribution >= 0.6 is 0 Å². The van der Waals surface area contributed by atoms with Gasteiger partial charge in [0, 0.05) is 55.3 Å². The molecule has 0 aliphatic carbocycles. The molecule has 5 atom stereocenters. The van der Waals surface area contributed by atoms with E-state index in [4.69, 9.17) is 0 Å². The van der Waals surface area contributed by atoms with Gasteiger partial charge in [0.05, 0.1) is 18.0 Å². The molecule has 36 heavy (non-hydrogen) atoms. The largest absolute Gasteiger partial charge is 0.396 e. The molecule has 2 bridgehead atoms. The molecule has 0 saturated carbocycles. The van der Waals surface area contributed by atoms with Gasteiger partial charge >= 0.3 is 0 Å². The number of amides is 1. The van der Waals surface area contributed by atoms with Crippen molar-refractivity contribution in [3.05, 3.63) is 106 Å². The second-order valence-electron chi connectivity index (χ2n) is 9.69. The summed E-state index contributed by atoms with van der Waals surface area (Å²) in [5.74, 6) is -0.907. The van der Waals surface area contributed by atoms with E-state index in [1.54, 1.807) is 10.8 Å². The lowest BCUT2D eigenvalue weighted by atomic mass is 9.86. The highest BCUT2D eigenvalue weighted by molar-refractivity contribution is 5.81. The lowest BCUT2D eigenvalue weighted by Crippen LogP contribution is -2.46. The van der Waals surface area contributed by atoms with Crippen LogP contribution in [0, 0.1) is 11.8 Å². The monoisotopic (exact) mass is 484 g/mol. The van der Waals surface area contributed by atoms with Crippen LogP contribution in [0.3, 0.4) is 0 Å². The van der Waals surface area contributed by atoms with Crippen molar-refractivity contribution in [2.45, 2.75) is 45.1 Å². The van der Waals surface area contributed by atoms with E-state index in [-0.39, 0.29) is 42.1 Å². The zero-order chi connectivity index (χ0) is 25.2. The zero-order valence-corrected chi connectivity index (χ0v) is 20.6. The number of rotatable bonds is 7. The predicted octanol–water partition coefficient (Wildman–Crippen LogP) is 3.32. The molecule has 1 aromatic carbocycles. The van der Waals surface area contributed by atoms with Crippen LogP contribution in [0.25, 0.3) is 6.08 Å². The van der Waals surface area contributed by atoms with Gasteiger partial charge in [0.15, 0.2) is 0 Å². The number of hydrogen-bond acceptors (Lipinski definition) is 5. The van der Waals surface area contributed by atoms with E-state index in [1.165, 1.54) is 0 Å². The highest BCUT2D eigenvalue weighted by atomic mass is 16.3. The number of nitrogens with one attached hydrogen (secondary N) is 1. The summed E-state index contributed by atoms with van der Waals surface area (Å²) in [7, 11) is 0. The second-order valence-corrected chi connectivity index (χ2v) is 9.69. The number of fused-ring (bicyclic) bond motifs is 4. The molecule has 1 fully saturated rings. The highest BCUT2D eigenvalue weighted by Gasteiger charge is 2.55. The van der Waals surface area contributed by atoms with Crippen molar-refractivity contribution < 1.29 is 9.90 Å². The first-order chi connectivity index (χ1) is 17.5. The van der Waals surface area contributed by atoms with Gasteiger partial charge in [-0.05, 0) is 43.2 Å². The molecule has 2 aliphatic heterocycles. The molecule has 5 rings (SSSR count). The van der Waals surface area contributed by atoms with E-state index in [9.17, 15) is 14.7 Å². The molecule has 3 aromatic rings. The number of aliphatic hydroxyl groups excluding tert-OH is 1. The number of carbonyl (C=O) groups excluding carboxylic acids is 1. The van der Waals surface area contributed by atoms with Gasteiger partial charge in [0.2, 0.25) is 5.91 Å². The van der Waals surface area contributed by atoms with Crippen LogP contribution < -0.4 is 10.9 Å². The summed E-state index contributed by atoms with van der Waals surface area (Å²) in [5.41, 5.74) is 3.44. The summed E-state index contributed by atoms with van der Waals surface area (Å²) < 4.78 is 1.81. The summed E-state index contributed by atoms with van der Waals surface area (Å²) in [6.07, 6.45) is 7.24. The summed E-state index contributed by atoms with van der Waals surface area (Å²) in [5, 5.41) is 13.7. The number of allylic oxidation sites excluding steroid dienone is 1. The van der Waals surface area contributed by atoms with Crippen molar-refractivity contribution in [1.82, 2.24) is 19.8 Å². The van der Waals surface area contributed by atoms with Crippen LogP contribution in [0.1, 0.15) is 48.3 Å². The van der Waals surface area contributed by atoms with Crippen LogP contribution in [-0.2, 0) is 17.9 Å². The first-order valence-corrected chi connectivity index (χ1v) is 12.5. The maximum absolute atomic E-state index is 13.8. The fourth-order valence-corrected chi connectivity index (χ4v) is 5.90. The average Bonchev–Trinajstić information content (AvgIpc) is 3.10. The smallest absolute Gasteiger partial charge is 0.258 e. The number of benzene rings is 1. The number of pyridine rings is 2. The Morgan fingerprint density at radius 1 is 1.19 bits per heavy atom. The van der Waals surface area contributed by atoms with Crippen molar-refractivity contribution in [2.75, 3.05) is 6.61 Å². The summed E-state index contributed by atoms with van der Waals surface area (Å²) >= 11 is 0. The van der Waals surface area contributed by atoms with E-state index in [0.29, 0.717) is 18.7 Å². The Balaban J connectivity index is 1.55. The van der Waals surface area contributed by atoms with E-state index in [1.807, 2.05) is 86.8 Å². The fourth-order valence-electron chi connectivity index (χ4n) is 5.90. The predicted molar refractivity (Wildman–Crippen MR) is 139 cm³/mol. The van der Waals surface area contributed by atoms with E-state index < -0.39 is 5.92 Å². The Labute approximate surface area is 211 Å². The Bertz CT molecular complexity index is 1310. The average molecular weight is 485 g/mol. The first-order valence-electron chi connectivity index (χ1n) is 12.5. The Kier molecular flexibility index (Phi) is 6.85. The number of aliphatic hydroxyl groups is 1. The van der Waals surface area contributed by atoms with Crippen LogP contribution in [-0.4, -0.2) is 38.1 Å². The third-order valence-electron chi connectivity index (χ3n) is 7.60. The third kappa shape index (κ3) is 4.29. The fraction of sp³-hybridized carbons (Fsp3) is 0.345. The molecule has 0 spiro atoms. The SMILES string of the molecule is C/C=C\c1ccc2n(c1=O)C[C@@H]1[C@@H](CO)[C@H](C(=O)N[C@@H](C)c3ccccc3)[C@H]2N1Cc1cccnc1. The minimum atomic E-state index is -0.497. The Morgan fingerprint density at radius 2 is 2.00 bits per heavy atom. The van der Waals surface area contributed by atoms with Gasteiger partial charge in [0.25, 0.3) is 5.56 Å². The molecular weight excluding hydrogens is 452 g/mol. The summed E-state index contributed by atoms with van der Waals surface area (Å²) in [6.45, 7) is 4.74. The number of nitrogens with zero attached hydrogens (tertiary/aromatic N) is 3. The molecule has 2 aromatic heterocycles. The third-order valence-corrected chi connectivity index (χ3v) is 7.60. The van der Waals surface area contributed by atoms with Gasteiger partial charge in [-0.2, -0.15) is 0 Å². The number of aromatic nitrogens is 2. The Morgan fingerprint density at radius 3 is 2.69 bits per heavy atom. The van der Waals surface area contributed by atoms with Crippen molar-refractivity contribution in [3.63, 3.8) is 0 Å². The van der Waals surface area contributed by atoms with Crippen LogP contribution in [0.15, 0.2) is 77.9 Å². The molecule has 0 radical (unpaired) electrons. The lowest BCUT2D eigenvalue weighted by Gasteiger charge is -2.38. The summed E-state index contributed by atoms with van der Waals surface area (Å²) in [6, 6.07) is 16.9. The minimum Gasteiger partial charge on any atom is -0.396 e. The maximum atomic E-state index is 13.8. The molecule has 1 saturated heterocycles. The van der Waals surface area contributed by atoms with Crippen LogP contribution in [0.4, 0.5) is 0 Å². The second kappa shape index (κ2) is 10.2. The first kappa shape index (κ1) is 24.2. The van der Waals surface area contributed by atoms with Crippen LogP contribution in [0.2, 0.25) is 0 Å². The van der Waals surface area contributed by atoms with Gasteiger partial charge in [-0.1, -0.05) is 48.6 Å². The molecule has 2 aliphatic rings. The van der Waals surface area contributed by atoms with E-state index in [0.717, 1.165) is 16.8 Å².